The van der Waals surface area contributed by atoms with Crippen LogP contribution in [0.2, 0.25) is 0 Å². The summed E-state index contributed by atoms with van der Waals surface area (Å²) in [5.74, 6) is 1.02. The van der Waals surface area contributed by atoms with Crippen LogP contribution >= 0.6 is 23.5 Å². The molecule has 0 saturated carbocycles. The zero-order chi connectivity index (χ0) is 19.6. The Morgan fingerprint density at radius 1 is 1.00 bits per heavy atom. The minimum atomic E-state index is -0.0578. The Morgan fingerprint density at radius 3 is 2.50 bits per heavy atom. The van der Waals surface area contributed by atoms with E-state index in [0.717, 1.165) is 26.3 Å². The van der Waals surface area contributed by atoms with E-state index in [9.17, 15) is 4.79 Å². The number of thioether (sulfide) groups is 1. The third kappa shape index (κ3) is 6.00. The monoisotopic (exact) mass is 411 g/mol. The number of ether oxygens (including phenoxy) is 1. The van der Waals surface area contributed by atoms with Crippen molar-refractivity contribution >= 4 is 29.4 Å². The van der Waals surface area contributed by atoms with Crippen LogP contribution in [0.5, 0.6) is 5.75 Å². The van der Waals surface area contributed by atoms with Gasteiger partial charge in [0.15, 0.2) is 0 Å². The van der Waals surface area contributed by atoms with Crippen LogP contribution in [-0.4, -0.2) is 28.2 Å². The molecule has 2 aromatic carbocycles. The van der Waals surface area contributed by atoms with Crippen LogP contribution < -0.4 is 10.1 Å². The van der Waals surface area contributed by atoms with E-state index < -0.39 is 0 Å². The van der Waals surface area contributed by atoms with Crippen molar-refractivity contribution in [1.29, 1.82) is 0 Å². The average molecular weight is 412 g/mol. The molecule has 5 nitrogen and oxygen atoms in total. The van der Waals surface area contributed by atoms with Gasteiger partial charge in [0, 0.05) is 29.4 Å². The lowest BCUT2D eigenvalue weighted by molar-refractivity contribution is -0.118. The Labute approximate surface area is 173 Å². The first-order chi connectivity index (χ1) is 13.8. The van der Waals surface area contributed by atoms with Gasteiger partial charge in [0.25, 0.3) is 0 Å². The zero-order valence-corrected chi connectivity index (χ0v) is 17.1. The highest BCUT2D eigenvalue weighted by molar-refractivity contribution is 8.02. The molecule has 0 aliphatic heterocycles. The molecule has 1 aromatic heterocycles. The smallest absolute Gasteiger partial charge is 0.230 e. The molecular formula is C21H21N3O2S2. The third-order valence-corrected chi connectivity index (χ3v) is 5.79. The largest absolute Gasteiger partial charge is 0.494 e. The van der Waals surface area contributed by atoms with E-state index in [2.05, 4.69) is 15.3 Å². The van der Waals surface area contributed by atoms with Gasteiger partial charge < -0.3 is 10.1 Å². The molecular weight excluding hydrogens is 390 g/mol. The molecule has 28 heavy (non-hydrogen) atoms. The third-order valence-electron chi connectivity index (χ3n) is 3.68. The van der Waals surface area contributed by atoms with Gasteiger partial charge in [-0.3, -0.25) is 4.79 Å². The Kier molecular flexibility index (Phi) is 7.75. The fourth-order valence-corrected chi connectivity index (χ4v) is 4.16. The van der Waals surface area contributed by atoms with E-state index in [1.165, 1.54) is 11.8 Å². The summed E-state index contributed by atoms with van der Waals surface area (Å²) >= 11 is 2.93. The summed E-state index contributed by atoms with van der Waals surface area (Å²) in [6, 6.07) is 17.7. The molecule has 7 heteroatoms. The molecule has 1 amide bonds. The van der Waals surface area contributed by atoms with Crippen molar-refractivity contribution in [1.82, 2.24) is 15.3 Å². The van der Waals surface area contributed by atoms with E-state index in [1.54, 1.807) is 24.2 Å². The van der Waals surface area contributed by atoms with Crippen molar-refractivity contribution in [3.05, 3.63) is 72.6 Å². The number of hydrogen-bond donors (Lipinski definition) is 1. The van der Waals surface area contributed by atoms with Crippen molar-refractivity contribution in [2.75, 3.05) is 12.4 Å². The lowest BCUT2D eigenvalue weighted by atomic mass is 10.2. The average Bonchev–Trinajstić information content (AvgIpc) is 2.73. The quantitative estimate of drug-likeness (QED) is 0.526. The molecule has 3 aromatic rings. The molecule has 0 fully saturated rings. The van der Waals surface area contributed by atoms with E-state index >= 15 is 0 Å². The van der Waals surface area contributed by atoms with Crippen LogP contribution in [-0.2, 0) is 11.3 Å². The topological polar surface area (TPSA) is 64.1 Å². The van der Waals surface area contributed by atoms with E-state index in [4.69, 9.17) is 4.74 Å². The lowest BCUT2D eigenvalue weighted by Crippen LogP contribution is -2.25. The molecule has 1 heterocycles. The van der Waals surface area contributed by atoms with Crippen LogP contribution in [0, 0.1) is 0 Å². The maximum Gasteiger partial charge on any atom is 0.230 e. The van der Waals surface area contributed by atoms with Gasteiger partial charge in [-0.15, -0.1) is 0 Å². The molecule has 0 radical (unpaired) electrons. The normalized spacial score (nSPS) is 10.5. The first-order valence-electron chi connectivity index (χ1n) is 8.90. The summed E-state index contributed by atoms with van der Waals surface area (Å²) in [6.07, 6.45) is 3.31. The highest BCUT2D eigenvalue weighted by Gasteiger charge is 2.11. The maximum atomic E-state index is 12.3. The summed E-state index contributed by atoms with van der Waals surface area (Å²) in [7, 11) is 0. The molecule has 0 aliphatic carbocycles. The molecule has 0 atom stereocenters. The van der Waals surface area contributed by atoms with E-state index in [1.807, 2.05) is 61.5 Å². The molecule has 1 N–H and O–H groups in total. The lowest BCUT2D eigenvalue weighted by Gasteiger charge is -2.11. The number of nitrogens with one attached hydrogen (secondary N) is 1. The van der Waals surface area contributed by atoms with Crippen molar-refractivity contribution in [2.45, 2.75) is 28.4 Å². The molecule has 0 unspecified atom stereocenters. The van der Waals surface area contributed by atoms with Gasteiger partial charge in [-0.25, -0.2) is 9.97 Å². The molecule has 144 valence electrons. The van der Waals surface area contributed by atoms with Crippen LogP contribution in [0.3, 0.4) is 0 Å². The number of aromatic nitrogens is 2. The molecule has 0 bridgehead atoms. The molecule has 0 aliphatic rings. The Bertz CT molecular complexity index is 907. The van der Waals surface area contributed by atoms with Crippen molar-refractivity contribution in [3.63, 3.8) is 0 Å². The van der Waals surface area contributed by atoms with Gasteiger partial charge in [0.1, 0.15) is 15.8 Å². The van der Waals surface area contributed by atoms with E-state index in [-0.39, 0.29) is 11.7 Å². The highest BCUT2D eigenvalue weighted by Crippen LogP contribution is 2.32. The minimum Gasteiger partial charge on any atom is -0.494 e. The summed E-state index contributed by atoms with van der Waals surface area (Å²) < 4.78 is 5.59. The molecule has 3 rings (SSSR count). The highest BCUT2D eigenvalue weighted by atomic mass is 32.2. The number of carbonyl (C=O) groups is 1. The van der Waals surface area contributed by atoms with Gasteiger partial charge in [-0.2, -0.15) is 0 Å². The second-order valence-electron chi connectivity index (χ2n) is 5.69. The number of benzene rings is 2. The Hall–Kier alpha value is -2.51. The summed E-state index contributed by atoms with van der Waals surface area (Å²) in [5, 5.41) is 4.49. The molecule has 0 spiro atoms. The van der Waals surface area contributed by atoms with Gasteiger partial charge >= 0.3 is 0 Å². The number of hydrogen-bond acceptors (Lipinski definition) is 6. The second kappa shape index (κ2) is 10.7. The Morgan fingerprint density at radius 2 is 1.71 bits per heavy atom. The predicted molar refractivity (Wildman–Crippen MR) is 113 cm³/mol. The number of rotatable bonds is 9. The van der Waals surface area contributed by atoms with Crippen LogP contribution in [0.4, 0.5) is 0 Å². The maximum absolute atomic E-state index is 12.3. The number of nitrogens with zero attached hydrogens (tertiary/aromatic N) is 2. The second-order valence-corrected chi connectivity index (χ2v) is 7.71. The summed E-state index contributed by atoms with van der Waals surface area (Å²) in [5.41, 5.74) is 0.961. The first kappa shape index (κ1) is 20.2. The van der Waals surface area contributed by atoms with Crippen molar-refractivity contribution < 1.29 is 9.53 Å². The van der Waals surface area contributed by atoms with Gasteiger partial charge in [0.2, 0.25) is 5.91 Å². The van der Waals surface area contributed by atoms with Gasteiger partial charge in [-0.05, 0) is 25.1 Å². The van der Waals surface area contributed by atoms with Crippen molar-refractivity contribution in [2.24, 2.45) is 0 Å². The SMILES string of the molecule is CCOc1ccccc1CNC(=O)CSc1nccnc1Sc1ccccc1. The van der Waals surface area contributed by atoms with Crippen LogP contribution in [0.1, 0.15) is 12.5 Å². The first-order valence-corrected chi connectivity index (χ1v) is 10.7. The zero-order valence-electron chi connectivity index (χ0n) is 15.5. The van der Waals surface area contributed by atoms with Crippen molar-refractivity contribution in [3.8, 4) is 5.75 Å². The van der Waals surface area contributed by atoms with Gasteiger partial charge in [-0.1, -0.05) is 59.9 Å². The van der Waals surface area contributed by atoms with Gasteiger partial charge in [0.05, 0.1) is 12.4 Å². The number of para-hydroxylation sites is 1. The fourth-order valence-electron chi connectivity index (χ4n) is 2.41. The van der Waals surface area contributed by atoms with E-state index in [0.29, 0.717) is 13.2 Å². The fraction of sp³-hybridized carbons (Fsp3) is 0.190. The van der Waals surface area contributed by atoms with Crippen LogP contribution in [0.15, 0.2) is 81.9 Å². The predicted octanol–water partition coefficient (Wildman–Crippen LogP) is 4.44. The number of amides is 1. The molecule has 0 saturated heterocycles. The Balaban J connectivity index is 1.55. The number of carbonyl (C=O) groups excluding carboxylic acids is 1. The minimum absolute atomic E-state index is 0.0578. The summed E-state index contributed by atoms with van der Waals surface area (Å²) in [4.78, 5) is 22.2. The summed E-state index contributed by atoms with van der Waals surface area (Å²) in [6.45, 7) is 2.97. The standard InChI is InChI=1S/C21H21N3O2S2/c1-2-26-18-11-7-6-8-16(18)14-24-19(25)15-27-20-21(23-13-12-22-20)28-17-9-4-3-5-10-17/h3-13H,2,14-15H2,1H3,(H,24,25). The van der Waals surface area contributed by atoms with Crippen LogP contribution in [0.25, 0.3) is 0 Å².